The number of carboxylic acids is 1. The number of aliphatic carboxylic acids is 1. The lowest BCUT2D eigenvalue weighted by Crippen LogP contribution is -2.44. The molecule has 0 fully saturated rings. The third-order valence-corrected chi connectivity index (χ3v) is 6.68. The number of halogens is 1. The minimum absolute atomic E-state index is 0.0572. The van der Waals surface area contributed by atoms with Crippen LogP contribution < -0.4 is 4.31 Å². The molecule has 0 aliphatic heterocycles. The van der Waals surface area contributed by atoms with Crippen molar-refractivity contribution in [2.75, 3.05) is 4.31 Å². The summed E-state index contributed by atoms with van der Waals surface area (Å²) < 4.78 is 28.5. The molecule has 0 saturated heterocycles. The molecule has 1 unspecified atom stereocenters. The van der Waals surface area contributed by atoms with Crippen molar-refractivity contribution in [2.24, 2.45) is 0 Å². The van der Waals surface area contributed by atoms with Crippen LogP contribution >= 0.6 is 15.9 Å². The molecule has 0 aliphatic carbocycles. The summed E-state index contributed by atoms with van der Waals surface area (Å²) in [6, 6.07) is 10.5. The highest BCUT2D eigenvalue weighted by Crippen LogP contribution is 2.34. The second kappa shape index (κ2) is 8.22. The maximum atomic E-state index is 13.4. The zero-order valence-corrected chi connectivity index (χ0v) is 17.3. The minimum atomic E-state index is -4.05. The first-order chi connectivity index (χ1) is 12.2. The van der Waals surface area contributed by atoms with Crippen LogP contribution in [0.5, 0.6) is 0 Å². The van der Waals surface area contributed by atoms with E-state index >= 15 is 0 Å². The molecule has 0 saturated carbocycles. The zero-order chi connectivity index (χ0) is 19.5. The smallest absolute Gasteiger partial charge is 0.327 e. The molecule has 0 amide bonds. The fourth-order valence-electron chi connectivity index (χ4n) is 2.84. The summed E-state index contributed by atoms with van der Waals surface area (Å²) in [5, 5.41) is 9.58. The summed E-state index contributed by atoms with van der Waals surface area (Å²) >= 11 is 3.29. The van der Waals surface area contributed by atoms with Crippen LogP contribution in [0, 0.1) is 0 Å². The van der Waals surface area contributed by atoms with Crippen LogP contribution in [0.3, 0.4) is 0 Å². The van der Waals surface area contributed by atoms with Crippen LogP contribution in [-0.2, 0) is 27.7 Å². The van der Waals surface area contributed by atoms with E-state index in [4.69, 9.17) is 0 Å². The highest BCUT2D eigenvalue weighted by molar-refractivity contribution is 9.10. The molecule has 0 aliphatic rings. The van der Waals surface area contributed by atoms with Crippen molar-refractivity contribution in [1.82, 2.24) is 0 Å². The molecular formula is C19H22BrNO4S. The van der Waals surface area contributed by atoms with Gasteiger partial charge >= 0.3 is 5.97 Å². The van der Waals surface area contributed by atoms with Crippen molar-refractivity contribution in [3.63, 3.8) is 0 Å². The number of sulfonamides is 1. The van der Waals surface area contributed by atoms with Gasteiger partial charge in [-0.25, -0.2) is 13.2 Å². The van der Waals surface area contributed by atoms with E-state index in [9.17, 15) is 18.3 Å². The SMILES string of the molecule is CCc1cccc(CC)c1N(C(C)C(=O)O)S(=O)(=O)c1ccc(Br)cc1. The lowest BCUT2D eigenvalue weighted by molar-refractivity contribution is -0.137. The van der Waals surface area contributed by atoms with Crippen LogP contribution in [0.2, 0.25) is 0 Å². The van der Waals surface area contributed by atoms with Gasteiger partial charge in [-0.3, -0.25) is 4.31 Å². The molecule has 5 nitrogen and oxygen atoms in total. The van der Waals surface area contributed by atoms with E-state index in [-0.39, 0.29) is 4.90 Å². The van der Waals surface area contributed by atoms with Gasteiger partial charge in [0.2, 0.25) is 0 Å². The molecule has 0 bridgehead atoms. The van der Waals surface area contributed by atoms with Gasteiger partial charge in [-0.2, -0.15) is 0 Å². The molecule has 140 valence electrons. The van der Waals surface area contributed by atoms with E-state index < -0.39 is 22.0 Å². The molecule has 7 heteroatoms. The zero-order valence-electron chi connectivity index (χ0n) is 14.9. The molecule has 0 spiro atoms. The summed E-state index contributed by atoms with van der Waals surface area (Å²) in [6.45, 7) is 5.24. The standard InChI is InChI=1S/C19H22BrNO4S/c1-4-14-7-6-8-15(5-2)18(14)21(13(3)19(22)23)26(24,25)17-11-9-16(20)10-12-17/h6-13H,4-5H2,1-3H3,(H,22,23). The molecule has 1 atom stereocenters. The molecule has 26 heavy (non-hydrogen) atoms. The van der Waals surface area contributed by atoms with Crippen LogP contribution in [0.15, 0.2) is 51.8 Å². The Kier molecular flexibility index (Phi) is 6.47. The maximum absolute atomic E-state index is 13.4. The Bertz CT molecular complexity index is 872. The molecule has 1 N–H and O–H groups in total. The molecule has 0 heterocycles. The Morgan fingerprint density at radius 1 is 1.08 bits per heavy atom. The van der Waals surface area contributed by atoms with Gasteiger partial charge in [-0.05, 0) is 55.2 Å². The highest BCUT2D eigenvalue weighted by atomic mass is 79.9. The van der Waals surface area contributed by atoms with E-state index in [1.165, 1.54) is 19.1 Å². The van der Waals surface area contributed by atoms with Gasteiger partial charge in [-0.15, -0.1) is 0 Å². The van der Waals surface area contributed by atoms with Crippen molar-refractivity contribution < 1.29 is 18.3 Å². The van der Waals surface area contributed by atoms with E-state index in [0.29, 0.717) is 18.5 Å². The number of hydrogen-bond donors (Lipinski definition) is 1. The van der Waals surface area contributed by atoms with Crippen LogP contribution in [0.1, 0.15) is 31.9 Å². The number of anilines is 1. The monoisotopic (exact) mass is 439 g/mol. The van der Waals surface area contributed by atoms with Crippen molar-refractivity contribution in [3.8, 4) is 0 Å². The average Bonchev–Trinajstić information content (AvgIpc) is 2.61. The van der Waals surface area contributed by atoms with Crippen molar-refractivity contribution in [2.45, 2.75) is 44.6 Å². The van der Waals surface area contributed by atoms with Crippen molar-refractivity contribution in [3.05, 3.63) is 58.1 Å². The quantitative estimate of drug-likeness (QED) is 0.699. The predicted molar refractivity (Wildman–Crippen MR) is 106 cm³/mol. The molecule has 0 aromatic heterocycles. The van der Waals surface area contributed by atoms with Crippen molar-refractivity contribution >= 4 is 37.6 Å². The molecule has 2 aromatic carbocycles. The molecule has 0 radical (unpaired) electrons. The first-order valence-corrected chi connectivity index (χ1v) is 10.6. The fourth-order valence-corrected chi connectivity index (χ4v) is 4.79. The van der Waals surface area contributed by atoms with Gasteiger partial charge in [-0.1, -0.05) is 48.0 Å². The number of para-hydroxylation sites is 1. The van der Waals surface area contributed by atoms with Gasteiger partial charge in [0, 0.05) is 4.47 Å². The molecule has 2 rings (SSSR count). The van der Waals surface area contributed by atoms with Gasteiger partial charge in [0.25, 0.3) is 10.0 Å². The number of rotatable bonds is 7. The van der Waals surface area contributed by atoms with E-state index in [0.717, 1.165) is 19.9 Å². The van der Waals surface area contributed by atoms with Crippen LogP contribution in [0.4, 0.5) is 5.69 Å². The Labute approximate surface area is 162 Å². The normalized spacial score (nSPS) is 12.6. The lowest BCUT2D eigenvalue weighted by atomic mass is 10.0. The number of aryl methyl sites for hydroxylation is 2. The fraction of sp³-hybridized carbons (Fsp3) is 0.316. The summed E-state index contributed by atoms with van der Waals surface area (Å²) in [4.78, 5) is 11.8. The van der Waals surface area contributed by atoms with Gasteiger partial charge in [0.15, 0.2) is 0 Å². The predicted octanol–water partition coefficient (Wildman–Crippen LogP) is 4.24. The second-order valence-electron chi connectivity index (χ2n) is 5.90. The Balaban J connectivity index is 2.77. The second-order valence-corrected chi connectivity index (χ2v) is 8.63. The number of carbonyl (C=O) groups is 1. The summed E-state index contributed by atoms with van der Waals surface area (Å²) in [7, 11) is -4.05. The highest BCUT2D eigenvalue weighted by Gasteiger charge is 2.35. The lowest BCUT2D eigenvalue weighted by Gasteiger charge is -2.31. The van der Waals surface area contributed by atoms with E-state index in [1.807, 2.05) is 32.0 Å². The average molecular weight is 440 g/mol. The summed E-state index contributed by atoms with van der Waals surface area (Å²) in [5.74, 6) is -1.20. The first kappa shape index (κ1) is 20.5. The number of carboxylic acid groups (broad SMARTS) is 1. The number of hydrogen-bond acceptors (Lipinski definition) is 3. The van der Waals surface area contributed by atoms with Gasteiger partial charge in [0.05, 0.1) is 10.6 Å². The van der Waals surface area contributed by atoms with E-state index in [1.54, 1.807) is 12.1 Å². The maximum Gasteiger partial charge on any atom is 0.327 e. The first-order valence-electron chi connectivity index (χ1n) is 8.37. The summed E-state index contributed by atoms with van der Waals surface area (Å²) in [6.07, 6.45) is 1.20. The third-order valence-electron chi connectivity index (χ3n) is 4.26. The molecular weight excluding hydrogens is 418 g/mol. The van der Waals surface area contributed by atoms with E-state index in [2.05, 4.69) is 15.9 Å². The Hall–Kier alpha value is -1.86. The van der Waals surface area contributed by atoms with Crippen LogP contribution in [0.25, 0.3) is 0 Å². The number of benzene rings is 2. The molecule has 2 aromatic rings. The van der Waals surface area contributed by atoms with Crippen molar-refractivity contribution in [1.29, 1.82) is 0 Å². The third kappa shape index (κ3) is 3.94. The Morgan fingerprint density at radius 2 is 1.58 bits per heavy atom. The minimum Gasteiger partial charge on any atom is -0.480 e. The van der Waals surface area contributed by atoms with Gasteiger partial charge in [0.1, 0.15) is 6.04 Å². The van der Waals surface area contributed by atoms with Crippen LogP contribution in [-0.4, -0.2) is 25.5 Å². The Morgan fingerprint density at radius 3 is 2.00 bits per heavy atom. The largest absolute Gasteiger partial charge is 0.480 e. The van der Waals surface area contributed by atoms with Gasteiger partial charge < -0.3 is 5.11 Å². The number of nitrogens with zero attached hydrogens (tertiary/aromatic N) is 1. The summed E-state index contributed by atoms with van der Waals surface area (Å²) in [5.41, 5.74) is 2.08. The topological polar surface area (TPSA) is 74.7 Å².